The fourth-order valence-electron chi connectivity index (χ4n) is 2.50. The van der Waals surface area contributed by atoms with Crippen molar-refractivity contribution in [1.29, 1.82) is 5.26 Å². The molecule has 2 rings (SSSR count). The van der Waals surface area contributed by atoms with E-state index in [1.807, 2.05) is 13.0 Å². The van der Waals surface area contributed by atoms with Gasteiger partial charge in [-0.15, -0.1) is 0 Å². The van der Waals surface area contributed by atoms with Crippen molar-refractivity contribution in [1.82, 2.24) is 0 Å². The number of carbonyl (C=O) groups is 1. The lowest BCUT2D eigenvalue weighted by Crippen LogP contribution is -2.45. The van der Waals surface area contributed by atoms with Crippen molar-refractivity contribution < 1.29 is 22.4 Å². The van der Waals surface area contributed by atoms with Crippen molar-refractivity contribution in [2.45, 2.75) is 25.9 Å². The Morgan fingerprint density at radius 1 is 1.43 bits per heavy atom. The molecule has 1 amide bonds. The second-order valence-electron chi connectivity index (χ2n) is 5.35. The summed E-state index contributed by atoms with van der Waals surface area (Å²) in [6.07, 6.45) is -4.00. The van der Waals surface area contributed by atoms with E-state index >= 15 is 0 Å². The second kappa shape index (κ2) is 5.02. The number of hydrogen-bond acceptors (Lipinski definition) is 2. The molecule has 112 valence electrons. The van der Waals surface area contributed by atoms with Crippen LogP contribution in [-0.2, 0) is 11.0 Å². The third kappa shape index (κ3) is 2.84. The number of halogens is 4. The fraction of sp³-hybridized carbons (Fsp3) is 0.429. The molecular weight excluding hydrogens is 288 g/mol. The molecule has 0 heterocycles. The SMILES string of the molecule is CC1CC(C#N)(C(=O)Nc2cc(C(F)(F)F)ccc2F)C1. The minimum absolute atomic E-state index is 0.182. The fourth-order valence-corrected chi connectivity index (χ4v) is 2.50. The van der Waals surface area contributed by atoms with Crippen LogP contribution in [0, 0.1) is 28.5 Å². The lowest BCUT2D eigenvalue weighted by Gasteiger charge is -2.39. The topological polar surface area (TPSA) is 52.9 Å². The first kappa shape index (κ1) is 15.3. The first-order valence-corrected chi connectivity index (χ1v) is 6.27. The van der Waals surface area contributed by atoms with Crippen LogP contribution in [0.1, 0.15) is 25.3 Å². The van der Waals surface area contributed by atoms with E-state index in [1.165, 1.54) is 0 Å². The van der Waals surface area contributed by atoms with Gasteiger partial charge in [-0.3, -0.25) is 4.79 Å². The molecule has 0 aromatic heterocycles. The second-order valence-corrected chi connectivity index (χ2v) is 5.35. The third-order valence-electron chi connectivity index (χ3n) is 3.58. The van der Waals surface area contributed by atoms with Gasteiger partial charge in [-0.1, -0.05) is 6.92 Å². The van der Waals surface area contributed by atoms with Crippen molar-refractivity contribution in [3.05, 3.63) is 29.6 Å². The Bertz CT molecular complexity index is 612. The quantitative estimate of drug-likeness (QED) is 0.846. The van der Waals surface area contributed by atoms with Crippen molar-refractivity contribution >= 4 is 11.6 Å². The van der Waals surface area contributed by atoms with E-state index in [4.69, 9.17) is 5.26 Å². The molecule has 1 aliphatic carbocycles. The standard InChI is InChI=1S/C14H12F4N2O/c1-8-5-13(6-8,7-19)12(21)20-11-4-9(14(16,17)18)2-3-10(11)15/h2-4,8H,5-6H2,1H3,(H,20,21). The highest BCUT2D eigenvalue weighted by Gasteiger charge is 2.49. The smallest absolute Gasteiger partial charge is 0.322 e. The summed E-state index contributed by atoms with van der Waals surface area (Å²) >= 11 is 0. The number of amides is 1. The first-order valence-electron chi connectivity index (χ1n) is 6.27. The molecule has 7 heteroatoms. The van der Waals surface area contributed by atoms with Gasteiger partial charge in [0.05, 0.1) is 17.3 Å². The molecule has 1 saturated carbocycles. The molecule has 0 saturated heterocycles. The summed E-state index contributed by atoms with van der Waals surface area (Å²) in [4.78, 5) is 12.0. The summed E-state index contributed by atoms with van der Waals surface area (Å²) in [6, 6.07) is 3.63. The number of carbonyl (C=O) groups excluding carboxylic acids is 1. The van der Waals surface area contributed by atoms with Crippen LogP contribution < -0.4 is 5.32 Å². The van der Waals surface area contributed by atoms with E-state index in [0.717, 1.165) is 0 Å². The predicted octanol–water partition coefficient (Wildman–Crippen LogP) is 3.72. The molecule has 3 nitrogen and oxygen atoms in total. The van der Waals surface area contributed by atoms with Crippen LogP contribution in [0.15, 0.2) is 18.2 Å². The van der Waals surface area contributed by atoms with Gasteiger partial charge in [0.2, 0.25) is 5.91 Å². The summed E-state index contributed by atoms with van der Waals surface area (Å²) in [5, 5.41) is 11.2. The Balaban J connectivity index is 2.24. The number of anilines is 1. The number of benzene rings is 1. The minimum Gasteiger partial charge on any atom is -0.322 e. The van der Waals surface area contributed by atoms with Crippen LogP contribution in [-0.4, -0.2) is 5.91 Å². The molecule has 21 heavy (non-hydrogen) atoms. The van der Waals surface area contributed by atoms with Gasteiger partial charge in [-0.05, 0) is 37.0 Å². The van der Waals surface area contributed by atoms with Crippen LogP contribution in [0.4, 0.5) is 23.2 Å². The Hall–Kier alpha value is -2.10. The summed E-state index contributed by atoms with van der Waals surface area (Å²) in [5.74, 6) is -1.56. The zero-order valence-electron chi connectivity index (χ0n) is 11.1. The molecule has 0 atom stereocenters. The summed E-state index contributed by atoms with van der Waals surface area (Å²) in [6.45, 7) is 1.85. The van der Waals surface area contributed by atoms with E-state index in [2.05, 4.69) is 5.32 Å². The Labute approximate surface area is 118 Å². The van der Waals surface area contributed by atoms with Gasteiger partial charge in [-0.2, -0.15) is 18.4 Å². The monoisotopic (exact) mass is 300 g/mol. The Kier molecular flexibility index (Phi) is 3.66. The number of hydrogen-bond donors (Lipinski definition) is 1. The largest absolute Gasteiger partial charge is 0.416 e. The maximum Gasteiger partial charge on any atom is 0.416 e. The average Bonchev–Trinajstić information content (AvgIpc) is 2.35. The molecule has 0 aliphatic heterocycles. The van der Waals surface area contributed by atoms with Crippen molar-refractivity contribution in [2.75, 3.05) is 5.32 Å². The van der Waals surface area contributed by atoms with Crippen molar-refractivity contribution in [3.63, 3.8) is 0 Å². The maximum atomic E-state index is 13.5. The molecule has 1 aromatic carbocycles. The first-order chi connectivity index (χ1) is 9.68. The van der Waals surface area contributed by atoms with Crippen LogP contribution in [0.5, 0.6) is 0 Å². The van der Waals surface area contributed by atoms with Gasteiger partial charge in [0, 0.05) is 0 Å². The van der Waals surface area contributed by atoms with Gasteiger partial charge in [0.15, 0.2) is 0 Å². The highest BCUT2D eigenvalue weighted by Crippen LogP contribution is 2.45. The van der Waals surface area contributed by atoms with E-state index in [9.17, 15) is 22.4 Å². The highest BCUT2D eigenvalue weighted by atomic mass is 19.4. The lowest BCUT2D eigenvalue weighted by molar-refractivity contribution is -0.137. The van der Waals surface area contributed by atoms with E-state index < -0.39 is 34.6 Å². The Morgan fingerprint density at radius 2 is 2.05 bits per heavy atom. The van der Waals surface area contributed by atoms with Gasteiger partial charge >= 0.3 is 6.18 Å². The van der Waals surface area contributed by atoms with Crippen LogP contribution in [0.2, 0.25) is 0 Å². The zero-order chi connectivity index (χ0) is 15.8. The molecule has 1 N–H and O–H groups in total. The predicted molar refractivity (Wildman–Crippen MR) is 66.5 cm³/mol. The number of rotatable bonds is 2. The number of nitriles is 1. The van der Waals surface area contributed by atoms with Gasteiger partial charge in [0.25, 0.3) is 0 Å². The van der Waals surface area contributed by atoms with Crippen molar-refractivity contribution in [2.24, 2.45) is 11.3 Å². The molecule has 1 aliphatic rings. The molecule has 0 spiro atoms. The van der Waals surface area contributed by atoms with Crippen LogP contribution in [0.25, 0.3) is 0 Å². The third-order valence-corrected chi connectivity index (χ3v) is 3.58. The number of nitrogens with zero attached hydrogens (tertiary/aromatic N) is 1. The molecule has 1 aromatic rings. The van der Waals surface area contributed by atoms with Crippen LogP contribution >= 0.6 is 0 Å². The molecule has 0 bridgehead atoms. The minimum atomic E-state index is -4.63. The zero-order valence-corrected chi connectivity index (χ0v) is 11.1. The Morgan fingerprint density at radius 3 is 2.52 bits per heavy atom. The lowest BCUT2D eigenvalue weighted by atomic mass is 9.63. The molecule has 0 radical (unpaired) electrons. The molecule has 1 fully saturated rings. The molecule has 0 unspecified atom stereocenters. The number of alkyl halides is 3. The average molecular weight is 300 g/mol. The summed E-state index contributed by atoms with van der Waals surface area (Å²) in [5.41, 5.74) is -2.91. The van der Waals surface area contributed by atoms with Crippen LogP contribution in [0.3, 0.4) is 0 Å². The maximum absolute atomic E-state index is 13.5. The van der Waals surface area contributed by atoms with Gasteiger partial charge in [0.1, 0.15) is 11.2 Å². The summed E-state index contributed by atoms with van der Waals surface area (Å²) < 4.78 is 51.3. The van der Waals surface area contributed by atoms with Crippen molar-refractivity contribution in [3.8, 4) is 6.07 Å². The molecular formula is C14H12F4N2O. The summed E-state index contributed by atoms with van der Waals surface area (Å²) in [7, 11) is 0. The normalized spacial score (nSPS) is 24.9. The van der Waals surface area contributed by atoms with E-state index in [-0.39, 0.29) is 5.92 Å². The van der Waals surface area contributed by atoms with E-state index in [1.54, 1.807) is 0 Å². The number of nitrogens with one attached hydrogen (secondary N) is 1. The highest BCUT2D eigenvalue weighted by molar-refractivity contribution is 5.98. The van der Waals surface area contributed by atoms with E-state index in [0.29, 0.717) is 31.0 Å². The van der Waals surface area contributed by atoms with Gasteiger partial charge < -0.3 is 5.32 Å². The van der Waals surface area contributed by atoms with Gasteiger partial charge in [-0.25, -0.2) is 4.39 Å².